The highest BCUT2D eigenvalue weighted by molar-refractivity contribution is 5.86. The van der Waals surface area contributed by atoms with Gasteiger partial charge in [-0.05, 0) is 44.4 Å². The van der Waals surface area contributed by atoms with Crippen LogP contribution in [0, 0.1) is 11.8 Å². The molecule has 0 radical (unpaired) electrons. The molecule has 0 unspecified atom stereocenters. The number of rotatable bonds is 7. The van der Waals surface area contributed by atoms with Crippen molar-refractivity contribution in [2.45, 2.75) is 32.6 Å². The molecule has 1 saturated carbocycles. The van der Waals surface area contributed by atoms with Crippen molar-refractivity contribution >= 4 is 12.1 Å². The van der Waals surface area contributed by atoms with Gasteiger partial charge in [-0.2, -0.15) is 0 Å². The fourth-order valence-corrected chi connectivity index (χ4v) is 2.22. The van der Waals surface area contributed by atoms with Crippen molar-refractivity contribution in [2.75, 3.05) is 26.4 Å². The summed E-state index contributed by atoms with van der Waals surface area (Å²) < 4.78 is 22.4. The van der Waals surface area contributed by atoms with Gasteiger partial charge in [0.05, 0.1) is 19.8 Å². The van der Waals surface area contributed by atoms with Gasteiger partial charge < -0.3 is 14.8 Å². The second-order valence-electron chi connectivity index (χ2n) is 5.48. The van der Waals surface area contributed by atoms with Gasteiger partial charge in [0.2, 0.25) is 0 Å². The molecular formula is C15H24FNO4. The lowest BCUT2D eigenvalue weighted by Crippen LogP contribution is -2.31. The van der Waals surface area contributed by atoms with Crippen LogP contribution in [-0.4, -0.2) is 38.5 Å². The third kappa shape index (κ3) is 7.11. The first kappa shape index (κ1) is 17.5. The van der Waals surface area contributed by atoms with Crippen LogP contribution in [0.25, 0.3) is 0 Å². The number of alkyl halides is 1. The predicted octanol–water partition coefficient (Wildman–Crippen LogP) is 2.61. The van der Waals surface area contributed by atoms with Gasteiger partial charge in [0.25, 0.3) is 0 Å². The van der Waals surface area contributed by atoms with Crippen LogP contribution in [0.5, 0.6) is 0 Å². The molecule has 0 atom stereocenters. The molecule has 1 amide bonds. The predicted molar refractivity (Wildman–Crippen MR) is 76.5 cm³/mol. The van der Waals surface area contributed by atoms with Crippen LogP contribution in [-0.2, 0) is 14.3 Å². The summed E-state index contributed by atoms with van der Waals surface area (Å²) in [6.07, 6.45) is 3.01. The Hall–Kier alpha value is -1.59. The van der Waals surface area contributed by atoms with E-state index >= 15 is 0 Å². The van der Waals surface area contributed by atoms with Crippen LogP contribution in [0.1, 0.15) is 32.6 Å². The van der Waals surface area contributed by atoms with Gasteiger partial charge >= 0.3 is 12.1 Å². The van der Waals surface area contributed by atoms with Crippen LogP contribution in [0.2, 0.25) is 0 Å². The van der Waals surface area contributed by atoms with Crippen LogP contribution in [0.15, 0.2) is 12.2 Å². The highest BCUT2D eigenvalue weighted by atomic mass is 19.1. The molecular weight excluding hydrogens is 277 g/mol. The largest absolute Gasteiger partial charge is 0.460 e. The van der Waals surface area contributed by atoms with Gasteiger partial charge in [-0.25, -0.2) is 9.59 Å². The molecule has 0 saturated heterocycles. The van der Waals surface area contributed by atoms with Gasteiger partial charge in [-0.15, -0.1) is 0 Å². The van der Waals surface area contributed by atoms with Crippen LogP contribution >= 0.6 is 0 Å². The van der Waals surface area contributed by atoms with Gasteiger partial charge in [0.1, 0.15) is 6.61 Å². The molecule has 1 aliphatic carbocycles. The van der Waals surface area contributed by atoms with Crippen molar-refractivity contribution in [2.24, 2.45) is 11.8 Å². The summed E-state index contributed by atoms with van der Waals surface area (Å²) in [5.41, 5.74) is 0.321. The van der Waals surface area contributed by atoms with Crippen molar-refractivity contribution in [1.29, 1.82) is 0 Å². The molecule has 1 rings (SSSR count). The molecule has 0 heterocycles. The Labute approximate surface area is 124 Å². The van der Waals surface area contributed by atoms with Crippen molar-refractivity contribution < 1.29 is 23.5 Å². The highest BCUT2D eigenvalue weighted by Crippen LogP contribution is 2.29. The number of halogens is 1. The summed E-state index contributed by atoms with van der Waals surface area (Å²) in [4.78, 5) is 22.5. The maximum atomic E-state index is 12.5. The van der Waals surface area contributed by atoms with Gasteiger partial charge in [-0.1, -0.05) is 6.58 Å². The fraction of sp³-hybridized carbons (Fsp3) is 0.733. The average Bonchev–Trinajstić information content (AvgIpc) is 2.49. The first-order chi connectivity index (χ1) is 10.0. The summed E-state index contributed by atoms with van der Waals surface area (Å²) in [6.45, 7) is 5.40. The van der Waals surface area contributed by atoms with E-state index in [1.807, 2.05) is 0 Å². The standard InChI is InChI=1S/C15H24FNO4/c1-11(2)14(18)20-8-7-17-15(19)21-10-13-5-3-12(9-16)4-6-13/h12-13H,1,3-10H2,2H3,(H,17,19). The third-order valence-corrected chi connectivity index (χ3v) is 3.59. The minimum Gasteiger partial charge on any atom is -0.460 e. The van der Waals surface area contributed by atoms with E-state index in [9.17, 15) is 14.0 Å². The van der Waals surface area contributed by atoms with Gasteiger partial charge in [0.15, 0.2) is 0 Å². The number of hydrogen-bond acceptors (Lipinski definition) is 4. The zero-order valence-electron chi connectivity index (χ0n) is 12.5. The Morgan fingerprint density at radius 3 is 2.38 bits per heavy atom. The summed E-state index contributed by atoms with van der Waals surface area (Å²) in [5, 5.41) is 2.51. The number of esters is 1. The van der Waals surface area contributed by atoms with E-state index in [0.717, 1.165) is 25.7 Å². The molecule has 21 heavy (non-hydrogen) atoms. The minimum absolute atomic E-state index is 0.0857. The molecule has 0 aliphatic heterocycles. The molecule has 1 fully saturated rings. The molecule has 1 aliphatic rings. The van der Waals surface area contributed by atoms with E-state index in [2.05, 4.69) is 11.9 Å². The summed E-state index contributed by atoms with van der Waals surface area (Å²) in [6, 6.07) is 0. The summed E-state index contributed by atoms with van der Waals surface area (Å²) >= 11 is 0. The van der Waals surface area contributed by atoms with E-state index in [1.54, 1.807) is 6.92 Å². The van der Waals surface area contributed by atoms with Gasteiger partial charge in [-0.3, -0.25) is 4.39 Å². The Morgan fingerprint density at radius 1 is 1.19 bits per heavy atom. The number of hydrogen-bond donors (Lipinski definition) is 1. The molecule has 5 nitrogen and oxygen atoms in total. The van der Waals surface area contributed by atoms with E-state index in [0.29, 0.717) is 18.1 Å². The zero-order valence-corrected chi connectivity index (χ0v) is 12.5. The van der Waals surface area contributed by atoms with Gasteiger partial charge in [0, 0.05) is 5.57 Å². The first-order valence-corrected chi connectivity index (χ1v) is 7.32. The Kier molecular flexibility index (Phi) is 7.79. The number of carbonyl (C=O) groups excluding carboxylic acids is 2. The quantitative estimate of drug-likeness (QED) is 0.446. The fourth-order valence-electron chi connectivity index (χ4n) is 2.22. The average molecular weight is 301 g/mol. The topological polar surface area (TPSA) is 64.6 Å². The lowest BCUT2D eigenvalue weighted by atomic mass is 9.83. The third-order valence-electron chi connectivity index (χ3n) is 3.59. The highest BCUT2D eigenvalue weighted by Gasteiger charge is 2.22. The number of nitrogens with one attached hydrogen (secondary N) is 1. The van der Waals surface area contributed by atoms with E-state index in [1.165, 1.54) is 0 Å². The summed E-state index contributed by atoms with van der Waals surface area (Å²) in [5.74, 6) is 0.0210. The van der Waals surface area contributed by atoms with Crippen molar-refractivity contribution in [3.63, 3.8) is 0 Å². The Bertz CT molecular complexity index is 365. The maximum Gasteiger partial charge on any atom is 0.407 e. The monoisotopic (exact) mass is 301 g/mol. The Morgan fingerprint density at radius 2 is 1.81 bits per heavy atom. The normalized spacial score (nSPS) is 21.4. The second kappa shape index (κ2) is 9.37. The Balaban J connectivity index is 2.04. The van der Waals surface area contributed by atoms with Crippen molar-refractivity contribution in [3.05, 3.63) is 12.2 Å². The van der Waals surface area contributed by atoms with Crippen LogP contribution in [0.4, 0.5) is 9.18 Å². The molecule has 0 spiro atoms. The lowest BCUT2D eigenvalue weighted by molar-refractivity contribution is -0.138. The molecule has 1 N–H and O–H groups in total. The maximum absolute atomic E-state index is 12.5. The molecule has 120 valence electrons. The first-order valence-electron chi connectivity index (χ1n) is 7.32. The molecule has 0 aromatic carbocycles. The minimum atomic E-state index is -0.519. The summed E-state index contributed by atoms with van der Waals surface area (Å²) in [7, 11) is 0. The molecule has 0 bridgehead atoms. The second-order valence-corrected chi connectivity index (χ2v) is 5.48. The number of alkyl carbamates (subject to hydrolysis) is 1. The van der Waals surface area contributed by atoms with Crippen molar-refractivity contribution in [1.82, 2.24) is 5.32 Å². The van der Waals surface area contributed by atoms with Crippen LogP contribution in [0.3, 0.4) is 0 Å². The molecule has 0 aromatic rings. The van der Waals surface area contributed by atoms with E-state index < -0.39 is 12.1 Å². The molecule has 6 heteroatoms. The van der Waals surface area contributed by atoms with E-state index in [4.69, 9.17) is 9.47 Å². The SMILES string of the molecule is C=C(C)C(=O)OCCNC(=O)OCC1CCC(CF)CC1. The van der Waals surface area contributed by atoms with E-state index in [-0.39, 0.29) is 25.7 Å². The number of ether oxygens (including phenoxy) is 2. The number of carbonyl (C=O) groups is 2. The zero-order chi connectivity index (χ0) is 15.7. The van der Waals surface area contributed by atoms with Crippen LogP contribution < -0.4 is 5.32 Å². The smallest absolute Gasteiger partial charge is 0.407 e. The molecule has 0 aromatic heterocycles. The van der Waals surface area contributed by atoms with Crippen molar-refractivity contribution in [3.8, 4) is 0 Å². The lowest BCUT2D eigenvalue weighted by Gasteiger charge is -2.26. The number of amides is 1.